The van der Waals surface area contributed by atoms with Crippen molar-refractivity contribution in [1.29, 1.82) is 0 Å². The molecule has 6 nitrogen and oxygen atoms in total. The second-order valence-electron chi connectivity index (χ2n) is 2.69. The summed E-state index contributed by atoms with van der Waals surface area (Å²) in [7, 11) is 1.36. The monoisotopic (exact) mass is 212 g/mol. The minimum Gasteiger partial charge on any atom is -0.469 e. The molecule has 0 N–H and O–H groups in total. The van der Waals surface area contributed by atoms with Crippen LogP contribution in [0.25, 0.3) is 4.96 Å². The van der Waals surface area contributed by atoms with Crippen LogP contribution in [0.4, 0.5) is 0 Å². The van der Waals surface area contributed by atoms with Gasteiger partial charge in [0, 0.05) is 0 Å². The maximum Gasteiger partial charge on any atom is 0.312 e. The third kappa shape index (κ3) is 1.46. The average molecular weight is 212 g/mol. The summed E-state index contributed by atoms with van der Waals surface area (Å²) in [5.41, 5.74) is 0. The SMILES string of the molecule is COC(=O)Cc1nn2c(C)nnc2s1. The number of aryl methyl sites for hydroxylation is 1. The Balaban J connectivity index is 2.31. The van der Waals surface area contributed by atoms with Crippen LogP contribution in [0.3, 0.4) is 0 Å². The Hall–Kier alpha value is -1.50. The Labute approximate surface area is 83.5 Å². The number of carbonyl (C=O) groups is 1. The number of hydrogen-bond acceptors (Lipinski definition) is 6. The van der Waals surface area contributed by atoms with Gasteiger partial charge in [-0.2, -0.15) is 9.61 Å². The molecule has 0 unspecified atom stereocenters. The summed E-state index contributed by atoms with van der Waals surface area (Å²) in [6.07, 6.45) is 0.184. The van der Waals surface area contributed by atoms with Crippen molar-refractivity contribution in [3.63, 3.8) is 0 Å². The van der Waals surface area contributed by atoms with E-state index in [2.05, 4.69) is 20.0 Å². The van der Waals surface area contributed by atoms with Gasteiger partial charge in [0.1, 0.15) is 5.01 Å². The molecule has 14 heavy (non-hydrogen) atoms. The number of nitrogens with zero attached hydrogens (tertiary/aromatic N) is 4. The van der Waals surface area contributed by atoms with E-state index in [1.54, 1.807) is 4.52 Å². The lowest BCUT2D eigenvalue weighted by molar-refractivity contribution is -0.139. The summed E-state index contributed by atoms with van der Waals surface area (Å²) >= 11 is 1.34. The summed E-state index contributed by atoms with van der Waals surface area (Å²) in [4.78, 5) is 11.7. The van der Waals surface area contributed by atoms with Crippen LogP contribution in [-0.4, -0.2) is 32.9 Å². The standard InChI is InChI=1S/C7H8N4O2S/c1-4-8-9-7-11(4)10-5(14-7)3-6(12)13-2/h3H2,1-2H3. The molecule has 0 radical (unpaired) electrons. The third-order valence-electron chi connectivity index (χ3n) is 1.71. The molecule has 7 heteroatoms. The summed E-state index contributed by atoms with van der Waals surface area (Å²) in [6.45, 7) is 1.81. The van der Waals surface area contributed by atoms with E-state index in [9.17, 15) is 4.79 Å². The van der Waals surface area contributed by atoms with Crippen LogP contribution in [0, 0.1) is 6.92 Å². The highest BCUT2D eigenvalue weighted by atomic mass is 32.1. The van der Waals surface area contributed by atoms with E-state index in [-0.39, 0.29) is 12.4 Å². The molecule has 0 aliphatic rings. The minimum atomic E-state index is -0.299. The molecule has 0 aliphatic heterocycles. The number of esters is 1. The Morgan fingerprint density at radius 2 is 2.36 bits per heavy atom. The maximum absolute atomic E-state index is 11.0. The van der Waals surface area contributed by atoms with Crippen molar-refractivity contribution >= 4 is 22.3 Å². The molecule has 0 saturated carbocycles. The van der Waals surface area contributed by atoms with Gasteiger partial charge in [-0.3, -0.25) is 4.79 Å². The number of aromatic nitrogens is 4. The van der Waals surface area contributed by atoms with Crippen LogP contribution < -0.4 is 0 Å². The second-order valence-corrected chi connectivity index (χ2v) is 3.73. The van der Waals surface area contributed by atoms with E-state index in [1.807, 2.05) is 6.92 Å². The van der Waals surface area contributed by atoms with Crippen molar-refractivity contribution in [3.8, 4) is 0 Å². The molecule has 0 spiro atoms. The maximum atomic E-state index is 11.0. The van der Waals surface area contributed by atoms with E-state index in [0.29, 0.717) is 15.8 Å². The van der Waals surface area contributed by atoms with E-state index in [1.165, 1.54) is 18.4 Å². The van der Waals surface area contributed by atoms with Crippen LogP contribution in [0.15, 0.2) is 0 Å². The van der Waals surface area contributed by atoms with E-state index < -0.39 is 0 Å². The van der Waals surface area contributed by atoms with Gasteiger partial charge in [0.15, 0.2) is 5.82 Å². The number of fused-ring (bicyclic) bond motifs is 1. The van der Waals surface area contributed by atoms with Crippen molar-refractivity contribution in [2.24, 2.45) is 0 Å². The summed E-state index contributed by atoms with van der Waals surface area (Å²) < 4.78 is 6.15. The molecule has 0 aliphatic carbocycles. The number of ether oxygens (including phenoxy) is 1. The molecule has 2 heterocycles. The summed E-state index contributed by atoms with van der Waals surface area (Å²) in [5, 5.41) is 12.6. The van der Waals surface area contributed by atoms with Gasteiger partial charge in [-0.25, -0.2) is 0 Å². The predicted molar refractivity (Wildman–Crippen MR) is 49.1 cm³/mol. The van der Waals surface area contributed by atoms with Gasteiger partial charge in [0.2, 0.25) is 4.96 Å². The number of carbonyl (C=O) groups excluding carboxylic acids is 1. The molecular weight excluding hydrogens is 204 g/mol. The van der Waals surface area contributed by atoms with Crippen LogP contribution in [0.1, 0.15) is 10.8 Å². The number of methoxy groups -OCH3 is 1. The first-order valence-corrected chi connectivity index (χ1v) is 4.77. The zero-order valence-electron chi connectivity index (χ0n) is 7.72. The Bertz CT molecular complexity index is 475. The largest absolute Gasteiger partial charge is 0.469 e. The van der Waals surface area contributed by atoms with Crippen LogP contribution in [-0.2, 0) is 16.0 Å². The van der Waals surface area contributed by atoms with Gasteiger partial charge in [0.25, 0.3) is 0 Å². The quantitative estimate of drug-likeness (QED) is 0.665. The van der Waals surface area contributed by atoms with Gasteiger partial charge in [-0.05, 0) is 6.92 Å². The molecule has 0 saturated heterocycles. The smallest absolute Gasteiger partial charge is 0.312 e. The average Bonchev–Trinajstić information content (AvgIpc) is 2.69. The van der Waals surface area contributed by atoms with Gasteiger partial charge < -0.3 is 4.74 Å². The summed E-state index contributed by atoms with van der Waals surface area (Å²) in [5.74, 6) is 0.417. The number of hydrogen-bond donors (Lipinski definition) is 0. The molecule has 74 valence electrons. The highest BCUT2D eigenvalue weighted by molar-refractivity contribution is 7.16. The first kappa shape index (κ1) is 9.07. The highest BCUT2D eigenvalue weighted by Gasteiger charge is 2.11. The molecule has 2 aromatic heterocycles. The van der Waals surface area contributed by atoms with Crippen molar-refractivity contribution in [2.75, 3.05) is 7.11 Å². The van der Waals surface area contributed by atoms with Crippen LogP contribution in [0.5, 0.6) is 0 Å². The fraction of sp³-hybridized carbons (Fsp3) is 0.429. The van der Waals surface area contributed by atoms with E-state index in [0.717, 1.165) is 0 Å². The fourth-order valence-corrected chi connectivity index (χ4v) is 1.89. The lowest BCUT2D eigenvalue weighted by Crippen LogP contribution is -2.04. The zero-order chi connectivity index (χ0) is 10.1. The van der Waals surface area contributed by atoms with Crippen LogP contribution >= 0.6 is 11.3 Å². The first-order chi connectivity index (χ1) is 6.70. The Morgan fingerprint density at radius 3 is 3.00 bits per heavy atom. The molecule has 0 amide bonds. The first-order valence-electron chi connectivity index (χ1n) is 3.95. The zero-order valence-corrected chi connectivity index (χ0v) is 8.54. The lowest BCUT2D eigenvalue weighted by atomic mass is 10.5. The van der Waals surface area contributed by atoms with Gasteiger partial charge in [-0.1, -0.05) is 11.3 Å². The number of rotatable bonds is 2. The summed E-state index contributed by atoms with van der Waals surface area (Å²) in [6, 6.07) is 0. The van der Waals surface area contributed by atoms with Crippen LogP contribution in [0.2, 0.25) is 0 Å². The molecule has 0 fully saturated rings. The molecule has 2 rings (SSSR count). The Morgan fingerprint density at radius 1 is 1.57 bits per heavy atom. The van der Waals surface area contributed by atoms with E-state index in [4.69, 9.17) is 0 Å². The van der Waals surface area contributed by atoms with Crippen molar-refractivity contribution in [1.82, 2.24) is 19.8 Å². The Kier molecular flexibility index (Phi) is 2.16. The van der Waals surface area contributed by atoms with Crippen molar-refractivity contribution < 1.29 is 9.53 Å². The van der Waals surface area contributed by atoms with E-state index >= 15 is 0 Å². The second kappa shape index (κ2) is 3.33. The normalized spacial score (nSPS) is 10.7. The molecule has 0 aromatic carbocycles. The highest BCUT2D eigenvalue weighted by Crippen LogP contribution is 2.14. The molecule has 0 bridgehead atoms. The van der Waals surface area contributed by atoms with Crippen molar-refractivity contribution in [3.05, 3.63) is 10.8 Å². The molecular formula is C7H8N4O2S. The van der Waals surface area contributed by atoms with Gasteiger partial charge in [-0.15, -0.1) is 10.2 Å². The topological polar surface area (TPSA) is 69.4 Å². The minimum absolute atomic E-state index is 0.184. The predicted octanol–water partition coefficient (Wildman–Crippen LogP) is 0.210. The molecule has 0 atom stereocenters. The third-order valence-corrected chi connectivity index (χ3v) is 2.61. The molecule has 2 aromatic rings. The van der Waals surface area contributed by atoms with Gasteiger partial charge in [0.05, 0.1) is 13.5 Å². The fourth-order valence-electron chi connectivity index (χ4n) is 1.02. The lowest BCUT2D eigenvalue weighted by Gasteiger charge is -1.92. The van der Waals surface area contributed by atoms with Crippen molar-refractivity contribution in [2.45, 2.75) is 13.3 Å². The van der Waals surface area contributed by atoms with Gasteiger partial charge >= 0.3 is 5.97 Å².